The first-order valence-corrected chi connectivity index (χ1v) is 7.47. The van der Waals surface area contributed by atoms with Crippen molar-refractivity contribution < 1.29 is 17.3 Å². The van der Waals surface area contributed by atoms with Crippen molar-refractivity contribution >= 4 is 10.0 Å². The molecule has 0 fully saturated rings. The van der Waals surface area contributed by atoms with E-state index in [9.17, 15) is 12.8 Å². The molecule has 20 heavy (non-hydrogen) atoms. The third-order valence-electron chi connectivity index (χ3n) is 3.06. The number of halogens is 1. The predicted molar refractivity (Wildman–Crippen MR) is 71.1 cm³/mol. The third kappa shape index (κ3) is 2.88. The van der Waals surface area contributed by atoms with Crippen molar-refractivity contribution in [3.63, 3.8) is 0 Å². The summed E-state index contributed by atoms with van der Waals surface area (Å²) in [6, 6.07) is 3.67. The molecule has 1 N–H and O–H groups in total. The first-order chi connectivity index (χ1) is 9.31. The Morgan fingerprint density at radius 1 is 1.30 bits per heavy atom. The number of nitrogens with zero attached hydrogens (tertiary/aromatic N) is 1. The van der Waals surface area contributed by atoms with Gasteiger partial charge in [0.25, 0.3) is 0 Å². The van der Waals surface area contributed by atoms with Crippen LogP contribution in [0.4, 0.5) is 4.39 Å². The van der Waals surface area contributed by atoms with Gasteiger partial charge in [0.2, 0.25) is 10.0 Å². The third-order valence-corrected chi connectivity index (χ3v) is 4.46. The van der Waals surface area contributed by atoms with E-state index in [4.69, 9.17) is 4.52 Å². The zero-order valence-corrected chi connectivity index (χ0v) is 12.2. The fourth-order valence-corrected chi connectivity index (χ4v) is 2.87. The molecule has 0 aliphatic carbocycles. The van der Waals surface area contributed by atoms with Gasteiger partial charge < -0.3 is 4.52 Å². The molecule has 2 aromatic rings. The maximum atomic E-state index is 13.2. The minimum absolute atomic E-state index is 0.0307. The number of hydrogen-bond acceptors (Lipinski definition) is 4. The highest BCUT2D eigenvalue weighted by atomic mass is 32.2. The van der Waals surface area contributed by atoms with E-state index in [0.717, 1.165) is 6.07 Å². The quantitative estimate of drug-likeness (QED) is 0.939. The molecule has 0 radical (unpaired) electrons. The van der Waals surface area contributed by atoms with E-state index >= 15 is 0 Å². The van der Waals surface area contributed by atoms with Crippen LogP contribution in [-0.2, 0) is 16.6 Å². The average Bonchev–Trinajstić information content (AvgIpc) is 2.70. The molecule has 108 valence electrons. The van der Waals surface area contributed by atoms with Crippen LogP contribution in [0.15, 0.2) is 27.6 Å². The Morgan fingerprint density at radius 3 is 2.55 bits per heavy atom. The Labute approximate surface area is 116 Å². The molecule has 0 saturated carbocycles. The maximum absolute atomic E-state index is 13.2. The number of rotatable bonds is 4. The average molecular weight is 298 g/mol. The Bertz CT molecular complexity index is 719. The van der Waals surface area contributed by atoms with Crippen molar-refractivity contribution in [1.82, 2.24) is 9.88 Å². The van der Waals surface area contributed by atoms with E-state index in [-0.39, 0.29) is 17.0 Å². The molecule has 0 amide bonds. The van der Waals surface area contributed by atoms with Crippen molar-refractivity contribution in [1.29, 1.82) is 0 Å². The topological polar surface area (TPSA) is 72.2 Å². The summed E-state index contributed by atoms with van der Waals surface area (Å²) in [7, 11) is -3.70. The van der Waals surface area contributed by atoms with E-state index in [0.29, 0.717) is 17.0 Å². The first-order valence-electron chi connectivity index (χ1n) is 5.99. The van der Waals surface area contributed by atoms with Crippen LogP contribution in [0.1, 0.15) is 22.6 Å². The lowest BCUT2D eigenvalue weighted by Gasteiger charge is -2.07. The van der Waals surface area contributed by atoms with Crippen LogP contribution in [0.3, 0.4) is 0 Å². The lowest BCUT2D eigenvalue weighted by Crippen LogP contribution is -2.23. The monoisotopic (exact) mass is 298 g/mol. The van der Waals surface area contributed by atoms with Gasteiger partial charge in [-0.1, -0.05) is 5.16 Å². The molecular formula is C13H15FN2O3S. The second-order valence-electron chi connectivity index (χ2n) is 4.54. The zero-order chi connectivity index (χ0) is 14.9. The Hall–Kier alpha value is -1.73. The van der Waals surface area contributed by atoms with Gasteiger partial charge in [-0.3, -0.25) is 0 Å². The molecule has 7 heteroatoms. The van der Waals surface area contributed by atoms with Crippen LogP contribution in [0, 0.1) is 26.6 Å². The SMILES string of the molecule is Cc1cc(S(=O)(=O)NCc2c(C)noc2C)ccc1F. The number of aryl methyl sites for hydroxylation is 3. The Kier molecular flexibility index (Phi) is 3.92. The van der Waals surface area contributed by atoms with Gasteiger partial charge in [-0.2, -0.15) is 0 Å². The minimum atomic E-state index is -3.70. The molecule has 0 bridgehead atoms. The predicted octanol–water partition coefficient (Wildman–Crippen LogP) is 2.22. The van der Waals surface area contributed by atoms with Gasteiger partial charge in [0.15, 0.2) is 0 Å². The van der Waals surface area contributed by atoms with Crippen molar-refractivity contribution in [2.45, 2.75) is 32.2 Å². The molecule has 1 aromatic heterocycles. The molecule has 0 aliphatic rings. The number of nitrogens with one attached hydrogen (secondary N) is 1. The summed E-state index contributed by atoms with van der Waals surface area (Å²) in [5.74, 6) is 0.134. The molecule has 5 nitrogen and oxygen atoms in total. The second kappa shape index (κ2) is 5.34. The summed E-state index contributed by atoms with van der Waals surface area (Å²) in [5.41, 5.74) is 1.62. The van der Waals surface area contributed by atoms with E-state index in [2.05, 4.69) is 9.88 Å². The summed E-state index contributed by atoms with van der Waals surface area (Å²) < 4.78 is 44.8. The van der Waals surface area contributed by atoms with Gasteiger partial charge in [0.1, 0.15) is 11.6 Å². The van der Waals surface area contributed by atoms with Gasteiger partial charge >= 0.3 is 0 Å². The van der Waals surface area contributed by atoms with Gasteiger partial charge in [-0.05, 0) is 44.5 Å². The fourth-order valence-electron chi connectivity index (χ4n) is 1.79. The molecule has 1 aromatic carbocycles. The molecule has 1 heterocycles. The van der Waals surface area contributed by atoms with Gasteiger partial charge in [0, 0.05) is 12.1 Å². The van der Waals surface area contributed by atoms with Crippen LogP contribution in [-0.4, -0.2) is 13.6 Å². The Morgan fingerprint density at radius 2 is 2.00 bits per heavy atom. The second-order valence-corrected chi connectivity index (χ2v) is 6.31. The van der Waals surface area contributed by atoms with Crippen LogP contribution in [0.2, 0.25) is 0 Å². The largest absolute Gasteiger partial charge is 0.361 e. The first kappa shape index (κ1) is 14.7. The van der Waals surface area contributed by atoms with Crippen LogP contribution >= 0.6 is 0 Å². The van der Waals surface area contributed by atoms with Crippen molar-refractivity contribution in [3.8, 4) is 0 Å². The summed E-state index contributed by atoms with van der Waals surface area (Å²) in [4.78, 5) is 0.0307. The van der Waals surface area contributed by atoms with Crippen LogP contribution < -0.4 is 4.72 Å². The van der Waals surface area contributed by atoms with E-state index < -0.39 is 15.8 Å². The van der Waals surface area contributed by atoms with E-state index in [1.54, 1.807) is 13.8 Å². The van der Waals surface area contributed by atoms with Gasteiger partial charge in [-0.25, -0.2) is 17.5 Å². The maximum Gasteiger partial charge on any atom is 0.240 e. The molecule has 0 unspecified atom stereocenters. The number of sulfonamides is 1. The molecule has 0 aliphatic heterocycles. The normalized spacial score (nSPS) is 11.8. The molecular weight excluding hydrogens is 283 g/mol. The number of hydrogen-bond donors (Lipinski definition) is 1. The lowest BCUT2D eigenvalue weighted by atomic mass is 10.2. The van der Waals surface area contributed by atoms with Gasteiger partial charge in [0.05, 0.1) is 10.6 Å². The highest BCUT2D eigenvalue weighted by Crippen LogP contribution is 2.16. The zero-order valence-electron chi connectivity index (χ0n) is 11.4. The standard InChI is InChI=1S/C13H15FN2O3S/c1-8-6-11(4-5-13(8)14)20(17,18)15-7-12-9(2)16-19-10(12)3/h4-6,15H,7H2,1-3H3. The van der Waals surface area contributed by atoms with Gasteiger partial charge in [-0.15, -0.1) is 0 Å². The summed E-state index contributed by atoms with van der Waals surface area (Å²) >= 11 is 0. The van der Waals surface area contributed by atoms with Crippen LogP contribution in [0.25, 0.3) is 0 Å². The lowest BCUT2D eigenvalue weighted by molar-refractivity contribution is 0.392. The summed E-state index contributed by atoms with van der Waals surface area (Å²) in [6.07, 6.45) is 0. The van der Waals surface area contributed by atoms with Crippen molar-refractivity contribution in [3.05, 3.63) is 46.6 Å². The van der Waals surface area contributed by atoms with E-state index in [1.807, 2.05) is 0 Å². The number of aromatic nitrogens is 1. The highest BCUT2D eigenvalue weighted by Gasteiger charge is 2.17. The molecule has 0 atom stereocenters. The minimum Gasteiger partial charge on any atom is -0.361 e. The van der Waals surface area contributed by atoms with Crippen molar-refractivity contribution in [2.75, 3.05) is 0 Å². The number of benzene rings is 1. The molecule has 0 spiro atoms. The summed E-state index contributed by atoms with van der Waals surface area (Å²) in [5, 5.41) is 3.76. The molecule has 0 saturated heterocycles. The Balaban J connectivity index is 2.21. The molecule has 2 rings (SSSR count). The fraction of sp³-hybridized carbons (Fsp3) is 0.308. The van der Waals surface area contributed by atoms with E-state index in [1.165, 1.54) is 19.1 Å². The van der Waals surface area contributed by atoms with Crippen LogP contribution in [0.5, 0.6) is 0 Å². The summed E-state index contributed by atoms with van der Waals surface area (Å²) in [6.45, 7) is 5.05. The van der Waals surface area contributed by atoms with Crippen molar-refractivity contribution in [2.24, 2.45) is 0 Å². The smallest absolute Gasteiger partial charge is 0.240 e. The highest BCUT2D eigenvalue weighted by molar-refractivity contribution is 7.89.